The third-order valence-corrected chi connectivity index (χ3v) is 3.80. The molecule has 0 atom stereocenters. The van der Waals surface area contributed by atoms with Gasteiger partial charge in [-0.25, -0.2) is 9.37 Å². The molecule has 0 unspecified atom stereocenters. The predicted octanol–water partition coefficient (Wildman–Crippen LogP) is 2.64. The molecule has 138 valence electrons. The minimum Gasteiger partial charge on any atom is -0.493 e. The molecule has 8 heteroatoms. The van der Waals surface area contributed by atoms with Crippen molar-refractivity contribution in [2.75, 3.05) is 19.5 Å². The monoisotopic (exact) mass is 369 g/mol. The first kappa shape index (κ1) is 18.1. The second-order valence-electron chi connectivity index (χ2n) is 5.45. The SMILES string of the molecule is COc1ccc(-n2ccnc(NC(=O)c3cccc(F)c3)c2=O)cc1OC. The fraction of sp³-hybridized carbons (Fsp3) is 0.105. The van der Waals surface area contributed by atoms with E-state index in [-0.39, 0.29) is 11.4 Å². The standard InChI is InChI=1S/C19H16FN3O4/c1-26-15-7-6-14(11-16(15)27-2)23-9-8-21-17(19(23)25)22-18(24)12-4-3-5-13(20)10-12/h3-11H,1-2H3,(H,21,22,24). The molecule has 1 N–H and O–H groups in total. The van der Waals surface area contributed by atoms with Gasteiger partial charge in [0.05, 0.1) is 19.9 Å². The summed E-state index contributed by atoms with van der Waals surface area (Å²) in [6.45, 7) is 0. The smallest absolute Gasteiger partial charge is 0.298 e. The Kier molecular flexibility index (Phi) is 5.16. The number of hydrogen-bond donors (Lipinski definition) is 1. The van der Waals surface area contributed by atoms with Crippen molar-refractivity contribution in [3.8, 4) is 17.2 Å². The summed E-state index contributed by atoms with van der Waals surface area (Å²) >= 11 is 0. The van der Waals surface area contributed by atoms with E-state index in [4.69, 9.17) is 9.47 Å². The summed E-state index contributed by atoms with van der Waals surface area (Å²) in [5.41, 5.74) is 0.0356. The molecule has 0 aliphatic rings. The molecule has 3 rings (SSSR count). The van der Waals surface area contributed by atoms with Crippen molar-refractivity contribution in [3.05, 3.63) is 76.6 Å². The van der Waals surface area contributed by atoms with E-state index in [9.17, 15) is 14.0 Å². The van der Waals surface area contributed by atoms with Crippen molar-refractivity contribution in [1.29, 1.82) is 0 Å². The molecule has 7 nitrogen and oxygen atoms in total. The van der Waals surface area contributed by atoms with Crippen molar-refractivity contribution in [2.45, 2.75) is 0 Å². The first-order chi connectivity index (χ1) is 13.0. The summed E-state index contributed by atoms with van der Waals surface area (Å²) in [5.74, 6) is -0.399. The van der Waals surface area contributed by atoms with Gasteiger partial charge in [-0.1, -0.05) is 6.07 Å². The third kappa shape index (κ3) is 3.79. The average Bonchev–Trinajstić information content (AvgIpc) is 2.69. The van der Waals surface area contributed by atoms with Crippen LogP contribution in [0.25, 0.3) is 5.69 Å². The van der Waals surface area contributed by atoms with Crippen LogP contribution in [0.1, 0.15) is 10.4 Å². The molecule has 27 heavy (non-hydrogen) atoms. The Morgan fingerprint density at radius 2 is 1.89 bits per heavy atom. The van der Waals surface area contributed by atoms with E-state index in [0.717, 1.165) is 6.07 Å². The number of rotatable bonds is 5. The van der Waals surface area contributed by atoms with Gasteiger partial charge in [-0.2, -0.15) is 0 Å². The number of ether oxygens (including phenoxy) is 2. The largest absolute Gasteiger partial charge is 0.493 e. The second kappa shape index (κ2) is 7.69. The topological polar surface area (TPSA) is 82.5 Å². The van der Waals surface area contributed by atoms with Crippen LogP contribution >= 0.6 is 0 Å². The van der Waals surface area contributed by atoms with E-state index >= 15 is 0 Å². The predicted molar refractivity (Wildman–Crippen MR) is 97.3 cm³/mol. The summed E-state index contributed by atoms with van der Waals surface area (Å²) in [4.78, 5) is 28.9. The lowest BCUT2D eigenvalue weighted by Gasteiger charge is -2.12. The Hall–Kier alpha value is -3.68. The summed E-state index contributed by atoms with van der Waals surface area (Å²) in [6, 6.07) is 10.1. The second-order valence-corrected chi connectivity index (χ2v) is 5.45. The van der Waals surface area contributed by atoms with Crippen LogP contribution in [0.3, 0.4) is 0 Å². The zero-order chi connectivity index (χ0) is 19.4. The van der Waals surface area contributed by atoms with Gasteiger partial charge in [0.1, 0.15) is 5.82 Å². The van der Waals surface area contributed by atoms with E-state index in [1.807, 2.05) is 0 Å². The van der Waals surface area contributed by atoms with Gasteiger partial charge in [0.2, 0.25) is 0 Å². The quantitative estimate of drug-likeness (QED) is 0.748. The van der Waals surface area contributed by atoms with Crippen molar-refractivity contribution in [1.82, 2.24) is 9.55 Å². The van der Waals surface area contributed by atoms with Gasteiger partial charge in [0.15, 0.2) is 17.3 Å². The Morgan fingerprint density at radius 1 is 1.11 bits per heavy atom. The minimum atomic E-state index is -0.635. The number of carbonyl (C=O) groups is 1. The van der Waals surface area contributed by atoms with Gasteiger partial charge in [-0.15, -0.1) is 0 Å². The molecule has 0 saturated heterocycles. The van der Waals surface area contributed by atoms with Crippen molar-refractivity contribution >= 4 is 11.7 Å². The van der Waals surface area contributed by atoms with Gasteiger partial charge < -0.3 is 14.8 Å². The Bertz CT molecular complexity index is 1050. The summed E-state index contributed by atoms with van der Waals surface area (Å²) < 4.78 is 25.0. The van der Waals surface area contributed by atoms with E-state index in [1.165, 1.54) is 49.4 Å². The van der Waals surface area contributed by atoms with Crippen LogP contribution in [0, 0.1) is 5.82 Å². The van der Waals surface area contributed by atoms with Crippen LogP contribution in [-0.2, 0) is 0 Å². The van der Waals surface area contributed by atoms with Crippen LogP contribution in [-0.4, -0.2) is 29.7 Å². The Morgan fingerprint density at radius 3 is 2.59 bits per heavy atom. The highest BCUT2D eigenvalue weighted by Gasteiger charge is 2.13. The van der Waals surface area contributed by atoms with Gasteiger partial charge in [0, 0.05) is 24.0 Å². The van der Waals surface area contributed by atoms with Gasteiger partial charge >= 0.3 is 0 Å². The van der Waals surface area contributed by atoms with Crippen molar-refractivity contribution in [3.63, 3.8) is 0 Å². The molecule has 0 radical (unpaired) electrons. The molecule has 0 bridgehead atoms. The fourth-order valence-corrected chi connectivity index (χ4v) is 2.48. The lowest BCUT2D eigenvalue weighted by Crippen LogP contribution is -2.26. The molecule has 1 heterocycles. The molecule has 1 amide bonds. The number of amides is 1. The maximum atomic E-state index is 13.3. The van der Waals surface area contributed by atoms with Crippen LogP contribution < -0.4 is 20.3 Å². The van der Waals surface area contributed by atoms with Crippen molar-refractivity contribution < 1.29 is 18.7 Å². The first-order valence-corrected chi connectivity index (χ1v) is 7.90. The van der Waals surface area contributed by atoms with Gasteiger partial charge in [-0.05, 0) is 30.3 Å². The summed E-state index contributed by atoms with van der Waals surface area (Å²) in [5, 5.41) is 2.41. The summed E-state index contributed by atoms with van der Waals surface area (Å²) in [6.07, 6.45) is 2.83. The lowest BCUT2D eigenvalue weighted by molar-refractivity contribution is 0.102. The molecule has 0 fully saturated rings. The molecule has 3 aromatic rings. The van der Waals surface area contributed by atoms with E-state index < -0.39 is 17.3 Å². The fourth-order valence-electron chi connectivity index (χ4n) is 2.48. The maximum Gasteiger partial charge on any atom is 0.298 e. The number of halogens is 1. The molecule has 1 aromatic heterocycles. The van der Waals surface area contributed by atoms with Crippen molar-refractivity contribution in [2.24, 2.45) is 0 Å². The highest BCUT2D eigenvalue weighted by Crippen LogP contribution is 2.28. The van der Waals surface area contributed by atoms with Crippen LogP contribution in [0.4, 0.5) is 10.2 Å². The molecule has 2 aromatic carbocycles. The molecule has 0 spiro atoms. The van der Waals surface area contributed by atoms with Gasteiger partial charge in [0.25, 0.3) is 11.5 Å². The third-order valence-electron chi connectivity index (χ3n) is 3.80. The number of methoxy groups -OCH3 is 2. The molecule has 0 aliphatic carbocycles. The van der Waals surface area contributed by atoms with E-state index in [1.54, 1.807) is 18.2 Å². The molecule has 0 saturated carbocycles. The number of anilines is 1. The first-order valence-electron chi connectivity index (χ1n) is 7.90. The van der Waals surface area contributed by atoms with E-state index in [0.29, 0.717) is 17.2 Å². The van der Waals surface area contributed by atoms with E-state index in [2.05, 4.69) is 10.3 Å². The number of nitrogens with one attached hydrogen (secondary N) is 1. The number of nitrogens with zero attached hydrogens (tertiary/aromatic N) is 2. The number of carbonyl (C=O) groups excluding carboxylic acids is 1. The van der Waals surface area contributed by atoms with Crippen LogP contribution in [0.2, 0.25) is 0 Å². The normalized spacial score (nSPS) is 10.3. The highest BCUT2D eigenvalue weighted by atomic mass is 19.1. The zero-order valence-corrected chi connectivity index (χ0v) is 14.6. The highest BCUT2D eigenvalue weighted by molar-refractivity contribution is 6.03. The molecular weight excluding hydrogens is 353 g/mol. The van der Waals surface area contributed by atoms with Crippen LogP contribution in [0.15, 0.2) is 59.7 Å². The number of benzene rings is 2. The Balaban J connectivity index is 1.95. The number of aromatic nitrogens is 2. The number of hydrogen-bond acceptors (Lipinski definition) is 5. The summed E-state index contributed by atoms with van der Waals surface area (Å²) in [7, 11) is 3.00. The minimum absolute atomic E-state index is 0.0812. The Labute approximate surface area is 154 Å². The van der Waals surface area contributed by atoms with Gasteiger partial charge in [-0.3, -0.25) is 14.2 Å². The lowest BCUT2D eigenvalue weighted by atomic mass is 10.2. The maximum absolute atomic E-state index is 13.3. The molecule has 0 aliphatic heterocycles. The molecular formula is C19H16FN3O4. The average molecular weight is 369 g/mol. The zero-order valence-electron chi connectivity index (χ0n) is 14.6. The van der Waals surface area contributed by atoms with Crippen LogP contribution in [0.5, 0.6) is 11.5 Å².